The topological polar surface area (TPSA) is 0 Å². The minimum Gasteiger partial charge on any atom is -1.00 e. The molecule has 4 aromatic rings. The molecule has 0 N–H and O–H groups in total. The van der Waals surface area contributed by atoms with E-state index in [1.165, 1.54) is 55.6 Å². The summed E-state index contributed by atoms with van der Waals surface area (Å²) in [5.41, 5.74) is 13.4. The van der Waals surface area contributed by atoms with Crippen molar-refractivity contribution in [1.82, 2.24) is 0 Å². The van der Waals surface area contributed by atoms with Crippen molar-refractivity contribution in [3.63, 3.8) is 0 Å². The molecular formula is C28H30Cl2Hf. The molecule has 0 fully saturated rings. The number of benzene rings is 2. The molecule has 160 valence electrons. The molecule has 3 heteroatoms. The molecule has 0 saturated carbocycles. The van der Waals surface area contributed by atoms with E-state index in [9.17, 15) is 0 Å². The average molecular weight is 616 g/mol. The molecule has 0 amide bonds. The molecule has 31 heavy (non-hydrogen) atoms. The van der Waals surface area contributed by atoms with Crippen LogP contribution in [0.2, 0.25) is 0 Å². The summed E-state index contributed by atoms with van der Waals surface area (Å²) in [7, 11) is 0. The Morgan fingerprint density at radius 1 is 0.419 bits per heavy atom. The van der Waals surface area contributed by atoms with Gasteiger partial charge in [-0.05, 0) is 13.8 Å². The second-order valence-corrected chi connectivity index (χ2v) is 7.95. The van der Waals surface area contributed by atoms with Gasteiger partial charge in [0.1, 0.15) is 0 Å². The predicted octanol–water partition coefficient (Wildman–Crippen LogP) is 2.00. The summed E-state index contributed by atoms with van der Waals surface area (Å²) >= 11 is 0. The largest absolute Gasteiger partial charge is 4.00 e. The SMILES string of the molecule is Cc1ccc(-[c-]2cc(C)c(C)c2)cc1.Cc1ccc(-[c-]2cc(C)c(C)c2)cc1.[Cl-].[Cl-].[Hf+4]. The summed E-state index contributed by atoms with van der Waals surface area (Å²) in [6.07, 6.45) is 0. The van der Waals surface area contributed by atoms with Crippen molar-refractivity contribution in [3.05, 3.63) is 106 Å². The Balaban J connectivity index is 0.000000529. The van der Waals surface area contributed by atoms with Gasteiger partial charge in [0.2, 0.25) is 0 Å². The third-order valence-electron chi connectivity index (χ3n) is 5.50. The van der Waals surface area contributed by atoms with E-state index in [4.69, 9.17) is 0 Å². The predicted molar refractivity (Wildman–Crippen MR) is 123 cm³/mol. The second-order valence-electron chi connectivity index (χ2n) is 7.95. The fraction of sp³-hybridized carbons (Fsp3) is 0.214. The fourth-order valence-corrected chi connectivity index (χ4v) is 3.30. The van der Waals surface area contributed by atoms with E-state index in [2.05, 4.69) is 114 Å². The van der Waals surface area contributed by atoms with Crippen LogP contribution < -0.4 is 24.8 Å². The number of rotatable bonds is 2. The summed E-state index contributed by atoms with van der Waals surface area (Å²) in [6.45, 7) is 12.9. The van der Waals surface area contributed by atoms with Gasteiger partial charge in [0, 0.05) is 0 Å². The quantitative estimate of drug-likeness (QED) is 0.239. The minimum atomic E-state index is 0. The van der Waals surface area contributed by atoms with Crippen LogP contribution in [0, 0.1) is 41.5 Å². The Labute approximate surface area is 219 Å². The first-order valence-electron chi connectivity index (χ1n) is 9.95. The van der Waals surface area contributed by atoms with Crippen LogP contribution in [0.3, 0.4) is 0 Å². The van der Waals surface area contributed by atoms with E-state index in [0.717, 1.165) is 0 Å². The van der Waals surface area contributed by atoms with Gasteiger partial charge in [0.25, 0.3) is 0 Å². The van der Waals surface area contributed by atoms with Crippen LogP contribution in [-0.4, -0.2) is 0 Å². The molecule has 0 aliphatic rings. The molecule has 0 heterocycles. The van der Waals surface area contributed by atoms with Gasteiger partial charge in [0.15, 0.2) is 0 Å². The molecule has 0 atom stereocenters. The third kappa shape index (κ3) is 7.90. The zero-order chi connectivity index (χ0) is 20.3. The van der Waals surface area contributed by atoms with E-state index in [0.29, 0.717) is 0 Å². The van der Waals surface area contributed by atoms with E-state index in [-0.39, 0.29) is 50.7 Å². The third-order valence-corrected chi connectivity index (χ3v) is 5.50. The van der Waals surface area contributed by atoms with Crippen molar-refractivity contribution in [3.8, 4) is 22.3 Å². The van der Waals surface area contributed by atoms with Crippen molar-refractivity contribution in [2.24, 2.45) is 0 Å². The monoisotopic (exact) mass is 616 g/mol. The van der Waals surface area contributed by atoms with Crippen molar-refractivity contribution in [1.29, 1.82) is 0 Å². The molecule has 0 radical (unpaired) electrons. The van der Waals surface area contributed by atoms with Crippen LogP contribution in [-0.2, 0) is 25.8 Å². The summed E-state index contributed by atoms with van der Waals surface area (Å²) in [5.74, 6) is 0. The van der Waals surface area contributed by atoms with Gasteiger partial charge in [-0.25, -0.2) is 0 Å². The van der Waals surface area contributed by atoms with E-state index in [1.54, 1.807) is 0 Å². The van der Waals surface area contributed by atoms with Crippen LogP contribution >= 0.6 is 0 Å². The maximum absolute atomic E-state index is 2.25. The summed E-state index contributed by atoms with van der Waals surface area (Å²) in [6, 6.07) is 26.4. The van der Waals surface area contributed by atoms with Crippen LogP contribution in [0.5, 0.6) is 0 Å². The molecule has 4 aromatic carbocycles. The Hall–Kier alpha value is -1.41. The van der Waals surface area contributed by atoms with Gasteiger partial charge in [-0.2, -0.15) is 0 Å². The number of hydrogen-bond acceptors (Lipinski definition) is 0. The maximum Gasteiger partial charge on any atom is 4.00 e. The van der Waals surface area contributed by atoms with Crippen molar-refractivity contribution in [2.45, 2.75) is 41.5 Å². The summed E-state index contributed by atoms with van der Waals surface area (Å²) in [5, 5.41) is 0. The Bertz CT molecular complexity index is 925. The average Bonchev–Trinajstić information content (AvgIpc) is 3.18. The number of hydrogen-bond donors (Lipinski definition) is 0. The van der Waals surface area contributed by atoms with Crippen LogP contribution in [0.4, 0.5) is 0 Å². The fourth-order valence-electron chi connectivity index (χ4n) is 3.30. The first-order valence-corrected chi connectivity index (χ1v) is 9.95. The molecule has 0 aromatic heterocycles. The Kier molecular flexibility index (Phi) is 12.6. The molecule has 0 spiro atoms. The van der Waals surface area contributed by atoms with Crippen LogP contribution in [0.1, 0.15) is 33.4 Å². The molecule has 0 saturated heterocycles. The molecule has 0 aliphatic heterocycles. The standard InChI is InChI=1S/2C14H15.2ClH.Hf/c2*1-10-4-6-13(7-5-10)14-8-11(2)12(3)9-14;;;/h2*4-9H,1-3H3;2*1H;/q2*-1;;;+4/p-2. The zero-order valence-electron chi connectivity index (χ0n) is 19.2. The number of halogens is 2. The molecule has 4 rings (SSSR count). The Morgan fingerprint density at radius 2 is 0.645 bits per heavy atom. The molecule has 0 bridgehead atoms. The summed E-state index contributed by atoms with van der Waals surface area (Å²) in [4.78, 5) is 0. The normalized spacial score (nSPS) is 9.48. The van der Waals surface area contributed by atoms with Gasteiger partial charge < -0.3 is 24.8 Å². The van der Waals surface area contributed by atoms with Gasteiger partial charge in [-0.15, -0.1) is 81.9 Å². The van der Waals surface area contributed by atoms with Crippen LogP contribution in [0.25, 0.3) is 22.3 Å². The van der Waals surface area contributed by atoms with Crippen LogP contribution in [0.15, 0.2) is 72.8 Å². The second kappa shape index (κ2) is 13.2. The zero-order valence-corrected chi connectivity index (χ0v) is 24.3. The first kappa shape index (κ1) is 29.6. The minimum absolute atomic E-state index is 0. The van der Waals surface area contributed by atoms with Gasteiger partial charge in [-0.3, -0.25) is 0 Å². The first-order chi connectivity index (χ1) is 13.3. The van der Waals surface area contributed by atoms with Crippen molar-refractivity contribution >= 4 is 0 Å². The van der Waals surface area contributed by atoms with Gasteiger partial charge >= 0.3 is 25.8 Å². The van der Waals surface area contributed by atoms with E-state index in [1.807, 2.05) is 0 Å². The maximum atomic E-state index is 2.25. The summed E-state index contributed by atoms with van der Waals surface area (Å²) < 4.78 is 0. The molecule has 0 aliphatic carbocycles. The molecule has 0 unspecified atom stereocenters. The number of aryl methyl sites for hydroxylation is 6. The molecule has 0 nitrogen and oxygen atoms in total. The van der Waals surface area contributed by atoms with E-state index < -0.39 is 0 Å². The van der Waals surface area contributed by atoms with Crippen molar-refractivity contribution in [2.75, 3.05) is 0 Å². The smallest absolute Gasteiger partial charge is 1.00 e. The van der Waals surface area contributed by atoms with Crippen molar-refractivity contribution < 1.29 is 50.7 Å². The molecular weight excluding hydrogens is 586 g/mol. The Morgan fingerprint density at radius 3 is 0.871 bits per heavy atom. The van der Waals surface area contributed by atoms with Gasteiger partial charge in [-0.1, -0.05) is 74.2 Å². The van der Waals surface area contributed by atoms with Gasteiger partial charge in [0.05, 0.1) is 0 Å². The van der Waals surface area contributed by atoms with E-state index >= 15 is 0 Å².